The van der Waals surface area contributed by atoms with Crippen LogP contribution in [-0.4, -0.2) is 32.3 Å². The van der Waals surface area contributed by atoms with E-state index in [1.807, 2.05) is 0 Å². The number of sulfonamides is 1. The van der Waals surface area contributed by atoms with Crippen LogP contribution in [0.25, 0.3) is 0 Å². The average molecular weight is 310 g/mol. The van der Waals surface area contributed by atoms with Crippen molar-refractivity contribution in [2.45, 2.75) is 17.7 Å². The fourth-order valence-electron chi connectivity index (χ4n) is 2.03. The Morgan fingerprint density at radius 3 is 2.67 bits per heavy atom. The van der Waals surface area contributed by atoms with E-state index in [1.54, 1.807) is 0 Å². The van der Waals surface area contributed by atoms with E-state index in [-0.39, 0.29) is 12.1 Å². The Bertz CT molecular complexity index is 705. The van der Waals surface area contributed by atoms with Crippen molar-refractivity contribution in [1.29, 1.82) is 0 Å². The van der Waals surface area contributed by atoms with Crippen LogP contribution in [0.1, 0.15) is 23.2 Å². The van der Waals surface area contributed by atoms with E-state index < -0.39 is 26.6 Å². The van der Waals surface area contributed by atoms with Gasteiger partial charge in [0.1, 0.15) is 5.82 Å². The molecule has 1 aliphatic carbocycles. The molecule has 1 aromatic rings. The standard InChI is InChI=1S/C14H15FN2O3S/c1-2-7-17(9-10-3-4-10)14(18)12-8-11(15)5-6-13(12)21(16,19)20/h1,5-6,8,10H,3-4,7,9H2,(H2,16,19,20). The molecule has 5 nitrogen and oxygen atoms in total. The predicted octanol–water partition coefficient (Wildman–Crippen LogP) is 0.959. The molecular formula is C14H15FN2O3S. The fraction of sp³-hybridized carbons (Fsp3) is 0.357. The van der Waals surface area contributed by atoms with Crippen molar-refractivity contribution in [3.05, 3.63) is 29.6 Å². The molecule has 0 spiro atoms. The maximum absolute atomic E-state index is 13.4. The van der Waals surface area contributed by atoms with Crippen LogP contribution in [-0.2, 0) is 10.0 Å². The van der Waals surface area contributed by atoms with Gasteiger partial charge in [-0.05, 0) is 37.0 Å². The smallest absolute Gasteiger partial charge is 0.256 e. The van der Waals surface area contributed by atoms with Gasteiger partial charge in [-0.15, -0.1) is 6.42 Å². The summed E-state index contributed by atoms with van der Waals surface area (Å²) in [5, 5.41) is 5.07. The number of nitrogens with zero attached hydrogens (tertiary/aromatic N) is 1. The molecule has 0 bridgehead atoms. The van der Waals surface area contributed by atoms with Gasteiger partial charge in [-0.1, -0.05) is 5.92 Å². The highest BCUT2D eigenvalue weighted by Gasteiger charge is 2.29. The largest absolute Gasteiger partial charge is 0.327 e. The van der Waals surface area contributed by atoms with Crippen LogP contribution in [0.4, 0.5) is 4.39 Å². The molecule has 0 atom stereocenters. The van der Waals surface area contributed by atoms with Gasteiger partial charge in [-0.25, -0.2) is 17.9 Å². The molecule has 0 unspecified atom stereocenters. The summed E-state index contributed by atoms with van der Waals surface area (Å²) in [5.41, 5.74) is -0.284. The van der Waals surface area contributed by atoms with Crippen LogP contribution in [0.5, 0.6) is 0 Å². The summed E-state index contributed by atoms with van der Waals surface area (Å²) in [4.78, 5) is 13.4. The molecule has 1 aromatic carbocycles. The number of halogens is 1. The Balaban J connectivity index is 2.40. The summed E-state index contributed by atoms with van der Waals surface area (Å²) in [7, 11) is -4.12. The van der Waals surface area contributed by atoms with Gasteiger partial charge in [0, 0.05) is 6.54 Å². The monoisotopic (exact) mass is 310 g/mol. The predicted molar refractivity (Wildman–Crippen MR) is 75.2 cm³/mol. The lowest BCUT2D eigenvalue weighted by Gasteiger charge is -2.21. The van der Waals surface area contributed by atoms with Crippen molar-refractivity contribution >= 4 is 15.9 Å². The number of nitrogens with two attached hydrogens (primary N) is 1. The van der Waals surface area contributed by atoms with E-state index in [4.69, 9.17) is 11.6 Å². The Morgan fingerprint density at radius 1 is 1.48 bits per heavy atom. The number of rotatable bonds is 5. The lowest BCUT2D eigenvalue weighted by atomic mass is 10.2. The highest BCUT2D eigenvalue weighted by atomic mass is 32.2. The maximum atomic E-state index is 13.4. The minimum Gasteiger partial charge on any atom is -0.327 e. The molecule has 1 saturated carbocycles. The average Bonchev–Trinajstić information content (AvgIpc) is 3.20. The van der Waals surface area contributed by atoms with Gasteiger partial charge in [0.15, 0.2) is 0 Å². The van der Waals surface area contributed by atoms with Crippen LogP contribution < -0.4 is 5.14 Å². The molecule has 1 aliphatic rings. The number of carbonyl (C=O) groups excluding carboxylic acids is 1. The third kappa shape index (κ3) is 3.80. The highest BCUT2D eigenvalue weighted by molar-refractivity contribution is 7.89. The molecule has 1 fully saturated rings. The zero-order valence-electron chi connectivity index (χ0n) is 11.3. The Labute approximate surface area is 123 Å². The van der Waals surface area contributed by atoms with Crippen molar-refractivity contribution in [2.24, 2.45) is 11.1 Å². The van der Waals surface area contributed by atoms with Crippen molar-refractivity contribution in [2.75, 3.05) is 13.1 Å². The van der Waals surface area contributed by atoms with Crippen LogP contribution in [0.2, 0.25) is 0 Å². The van der Waals surface area contributed by atoms with Crippen molar-refractivity contribution in [1.82, 2.24) is 4.90 Å². The summed E-state index contributed by atoms with van der Waals surface area (Å²) < 4.78 is 36.4. The van der Waals surface area contributed by atoms with Crippen LogP contribution in [0.15, 0.2) is 23.1 Å². The Hall–Kier alpha value is -1.91. The number of hydrogen-bond donors (Lipinski definition) is 1. The second-order valence-electron chi connectivity index (χ2n) is 5.02. The summed E-state index contributed by atoms with van der Waals surface area (Å²) in [5.74, 6) is 1.39. The molecular weight excluding hydrogens is 295 g/mol. The van der Waals surface area contributed by atoms with E-state index in [2.05, 4.69) is 5.92 Å². The summed E-state index contributed by atoms with van der Waals surface area (Å²) in [6, 6.07) is 2.81. The minimum absolute atomic E-state index is 0.0376. The molecule has 112 valence electrons. The van der Waals surface area contributed by atoms with Gasteiger partial charge in [0.05, 0.1) is 17.0 Å². The van der Waals surface area contributed by atoms with Crippen LogP contribution in [0, 0.1) is 24.1 Å². The van der Waals surface area contributed by atoms with Gasteiger partial charge in [0.2, 0.25) is 10.0 Å². The van der Waals surface area contributed by atoms with Gasteiger partial charge < -0.3 is 4.90 Å². The third-order valence-electron chi connectivity index (χ3n) is 3.22. The molecule has 0 saturated heterocycles. The van der Waals surface area contributed by atoms with E-state index in [0.717, 1.165) is 31.0 Å². The van der Waals surface area contributed by atoms with Crippen molar-refractivity contribution in [3.63, 3.8) is 0 Å². The zero-order valence-corrected chi connectivity index (χ0v) is 12.1. The number of benzene rings is 1. The summed E-state index contributed by atoms with van der Waals surface area (Å²) >= 11 is 0. The minimum atomic E-state index is -4.12. The maximum Gasteiger partial charge on any atom is 0.256 e. The van der Waals surface area contributed by atoms with Gasteiger partial charge >= 0.3 is 0 Å². The van der Waals surface area contributed by atoms with E-state index >= 15 is 0 Å². The topological polar surface area (TPSA) is 80.5 Å². The third-order valence-corrected chi connectivity index (χ3v) is 4.19. The first kappa shape index (κ1) is 15.5. The molecule has 0 radical (unpaired) electrons. The van der Waals surface area contributed by atoms with Crippen LogP contribution >= 0.6 is 0 Å². The molecule has 0 heterocycles. The van der Waals surface area contributed by atoms with Gasteiger partial charge in [-0.2, -0.15) is 0 Å². The second kappa shape index (κ2) is 5.84. The lowest BCUT2D eigenvalue weighted by molar-refractivity contribution is 0.0765. The van der Waals surface area contributed by atoms with Crippen LogP contribution in [0.3, 0.4) is 0 Å². The van der Waals surface area contributed by atoms with Crippen molar-refractivity contribution in [3.8, 4) is 12.3 Å². The quantitative estimate of drug-likeness (QED) is 0.823. The first-order valence-corrected chi connectivity index (χ1v) is 7.92. The molecule has 21 heavy (non-hydrogen) atoms. The number of amides is 1. The lowest BCUT2D eigenvalue weighted by Crippen LogP contribution is -2.34. The van der Waals surface area contributed by atoms with E-state index in [0.29, 0.717) is 12.5 Å². The number of primary sulfonamides is 1. The molecule has 1 amide bonds. The fourth-order valence-corrected chi connectivity index (χ4v) is 2.74. The molecule has 0 aromatic heterocycles. The normalized spacial score (nSPS) is 14.5. The SMILES string of the molecule is C#CCN(CC1CC1)C(=O)c1cc(F)ccc1S(N)(=O)=O. The summed E-state index contributed by atoms with van der Waals surface area (Å²) in [6.45, 7) is 0.472. The van der Waals surface area contributed by atoms with Gasteiger partial charge in [-0.3, -0.25) is 4.79 Å². The molecule has 2 rings (SSSR count). The van der Waals surface area contributed by atoms with E-state index in [1.165, 1.54) is 4.90 Å². The Morgan fingerprint density at radius 2 is 2.14 bits per heavy atom. The first-order chi connectivity index (χ1) is 9.82. The zero-order chi connectivity index (χ0) is 15.6. The molecule has 2 N–H and O–H groups in total. The van der Waals surface area contributed by atoms with Gasteiger partial charge in [0.25, 0.3) is 5.91 Å². The number of hydrogen-bond acceptors (Lipinski definition) is 3. The number of terminal acetylenes is 1. The number of carbonyl (C=O) groups is 1. The Kier molecular flexibility index (Phi) is 4.30. The van der Waals surface area contributed by atoms with E-state index in [9.17, 15) is 17.6 Å². The molecule has 0 aliphatic heterocycles. The van der Waals surface area contributed by atoms with Crippen molar-refractivity contribution < 1.29 is 17.6 Å². The first-order valence-electron chi connectivity index (χ1n) is 6.38. The second-order valence-corrected chi connectivity index (χ2v) is 6.55. The summed E-state index contributed by atoms with van der Waals surface area (Å²) in [6.07, 6.45) is 7.23. The highest BCUT2D eigenvalue weighted by Crippen LogP contribution is 2.30. The molecule has 7 heteroatoms.